The van der Waals surface area contributed by atoms with Crippen LogP contribution in [0.5, 0.6) is 11.5 Å². The van der Waals surface area contributed by atoms with Gasteiger partial charge in [0.05, 0.1) is 18.2 Å². The van der Waals surface area contributed by atoms with Crippen LogP contribution in [-0.4, -0.2) is 71.5 Å². The van der Waals surface area contributed by atoms with E-state index in [1.807, 2.05) is 72.5 Å². The lowest BCUT2D eigenvalue weighted by Crippen LogP contribution is -2.70. The van der Waals surface area contributed by atoms with Crippen molar-refractivity contribution in [2.45, 2.75) is 89.6 Å². The Morgan fingerprint density at radius 2 is 1.73 bits per heavy atom. The van der Waals surface area contributed by atoms with E-state index in [4.69, 9.17) is 24.2 Å². The Hall–Kier alpha value is -5.03. The van der Waals surface area contributed by atoms with Gasteiger partial charge in [0.1, 0.15) is 36.6 Å². The van der Waals surface area contributed by atoms with Crippen molar-refractivity contribution in [3.05, 3.63) is 132 Å². The summed E-state index contributed by atoms with van der Waals surface area (Å²) in [5, 5.41) is 26.7. The molecule has 0 radical (unpaired) electrons. The highest BCUT2D eigenvalue weighted by molar-refractivity contribution is 6.04. The number of carbonyl (C=O) groups is 1. The summed E-state index contributed by atoms with van der Waals surface area (Å²) in [6.07, 6.45) is 9.70. The van der Waals surface area contributed by atoms with Crippen molar-refractivity contribution in [1.82, 2.24) is 4.90 Å². The first-order valence-electron chi connectivity index (χ1n) is 21.7. The molecule has 318 valence electrons. The van der Waals surface area contributed by atoms with Crippen molar-refractivity contribution in [3.8, 4) is 11.5 Å². The summed E-state index contributed by atoms with van der Waals surface area (Å²) in [6.45, 7) is 9.25. The van der Waals surface area contributed by atoms with E-state index in [1.165, 1.54) is 6.07 Å². The third kappa shape index (κ3) is 8.87. The minimum Gasteiger partial charge on any atom is -0.489 e. The van der Waals surface area contributed by atoms with Crippen LogP contribution in [0, 0.1) is 23.6 Å². The number of carbonyl (C=O) groups excluding carboxylic acids is 1. The third-order valence-electron chi connectivity index (χ3n) is 12.4. The molecule has 4 aromatic carbocycles. The smallest absolute Gasteiger partial charge is 0.254 e. The molecular formula is C50H59FN2O7. The van der Waals surface area contributed by atoms with Crippen molar-refractivity contribution in [3.63, 3.8) is 0 Å². The molecule has 9 nitrogen and oxygen atoms in total. The first-order valence-corrected chi connectivity index (χ1v) is 21.7. The zero-order valence-corrected chi connectivity index (χ0v) is 34.9. The number of nitrogens with zero attached hydrogens (tertiary/aromatic N) is 2. The number of hydrogen-bond donors (Lipinski definition) is 2. The first-order chi connectivity index (χ1) is 29.4. The van der Waals surface area contributed by atoms with Crippen LogP contribution in [0.1, 0.15) is 92.6 Å². The van der Waals surface area contributed by atoms with Gasteiger partial charge in [-0.2, -0.15) is 0 Å². The maximum absolute atomic E-state index is 15.1. The molecule has 3 aliphatic rings. The van der Waals surface area contributed by atoms with Gasteiger partial charge in [-0.15, -0.1) is 6.58 Å². The second kappa shape index (κ2) is 20.0. The fraction of sp³-hybridized carbons (Fsp3) is 0.440. The van der Waals surface area contributed by atoms with Crippen molar-refractivity contribution in [1.29, 1.82) is 0 Å². The maximum Gasteiger partial charge on any atom is 0.254 e. The number of oxime groups is 1. The van der Waals surface area contributed by atoms with Gasteiger partial charge in [0, 0.05) is 48.8 Å². The van der Waals surface area contributed by atoms with Gasteiger partial charge in [-0.1, -0.05) is 85.6 Å². The lowest BCUT2D eigenvalue weighted by atomic mass is 9.55. The molecular weight excluding hydrogens is 760 g/mol. The molecule has 1 heterocycles. The summed E-state index contributed by atoms with van der Waals surface area (Å²) >= 11 is 0. The topological polar surface area (TPSA) is 110 Å². The molecule has 1 aliphatic heterocycles. The molecule has 6 atom stereocenters. The number of unbranched alkanes of at least 4 members (excludes halogenated alkanes) is 2. The van der Waals surface area contributed by atoms with E-state index in [1.54, 1.807) is 24.3 Å². The Balaban J connectivity index is 1.42. The van der Waals surface area contributed by atoms with Gasteiger partial charge in [-0.25, -0.2) is 4.39 Å². The summed E-state index contributed by atoms with van der Waals surface area (Å²) < 4.78 is 35.5. The van der Waals surface area contributed by atoms with E-state index in [0.717, 1.165) is 53.3 Å². The molecule has 0 bridgehead atoms. The number of ether oxygens (including phenoxy) is 3. The van der Waals surface area contributed by atoms with Gasteiger partial charge in [0.15, 0.2) is 0 Å². The van der Waals surface area contributed by atoms with E-state index >= 15 is 4.79 Å². The quantitative estimate of drug-likeness (QED) is 0.0519. The van der Waals surface area contributed by atoms with Gasteiger partial charge in [-0.05, 0) is 104 Å². The highest BCUT2D eigenvalue weighted by Crippen LogP contribution is 2.62. The average Bonchev–Trinajstić information content (AvgIpc) is 3.27. The summed E-state index contributed by atoms with van der Waals surface area (Å²) in [6, 6.07) is 25.6. The highest BCUT2D eigenvalue weighted by atomic mass is 19.1. The predicted octanol–water partition coefficient (Wildman–Crippen LogP) is 9.76. The molecule has 0 saturated heterocycles. The molecule has 10 heteroatoms. The molecule has 1 saturated carbocycles. The molecule has 4 aromatic rings. The van der Waals surface area contributed by atoms with Gasteiger partial charge in [-0.3, -0.25) is 4.79 Å². The van der Waals surface area contributed by atoms with Crippen molar-refractivity contribution in [2.75, 3.05) is 33.0 Å². The number of halogens is 1. The number of fused-ring (bicyclic) bond motifs is 3. The monoisotopic (exact) mass is 818 g/mol. The van der Waals surface area contributed by atoms with Crippen LogP contribution in [0.25, 0.3) is 10.8 Å². The van der Waals surface area contributed by atoms with Crippen molar-refractivity contribution >= 4 is 22.4 Å². The number of allylic oxidation sites excluding steroid dienone is 1. The zero-order chi connectivity index (χ0) is 42.1. The average molecular weight is 819 g/mol. The Morgan fingerprint density at radius 3 is 2.48 bits per heavy atom. The van der Waals surface area contributed by atoms with Gasteiger partial charge in [0.25, 0.3) is 5.91 Å². The van der Waals surface area contributed by atoms with Crippen molar-refractivity contribution in [2.24, 2.45) is 22.9 Å². The first kappa shape index (κ1) is 43.1. The Labute approximate surface area is 353 Å². The molecule has 1 amide bonds. The maximum atomic E-state index is 15.1. The van der Waals surface area contributed by atoms with Crippen LogP contribution in [0.4, 0.5) is 4.39 Å². The van der Waals surface area contributed by atoms with Crippen LogP contribution in [0.2, 0.25) is 0 Å². The van der Waals surface area contributed by atoms with Gasteiger partial charge < -0.3 is 34.2 Å². The van der Waals surface area contributed by atoms with Crippen LogP contribution < -0.4 is 9.47 Å². The summed E-state index contributed by atoms with van der Waals surface area (Å²) in [4.78, 5) is 22.9. The Kier molecular flexibility index (Phi) is 14.4. The minimum absolute atomic E-state index is 0.0533. The molecule has 0 spiro atoms. The minimum atomic E-state index is -1.37. The number of amides is 1. The van der Waals surface area contributed by atoms with E-state index in [9.17, 15) is 14.6 Å². The van der Waals surface area contributed by atoms with E-state index in [-0.39, 0.29) is 55.9 Å². The second-order valence-corrected chi connectivity index (χ2v) is 16.1. The van der Waals surface area contributed by atoms with Crippen LogP contribution in [-0.2, 0) is 16.2 Å². The molecule has 1 fully saturated rings. The Bertz CT molecular complexity index is 2170. The van der Waals surface area contributed by atoms with Crippen molar-refractivity contribution < 1.29 is 38.4 Å². The molecule has 6 unspecified atom stereocenters. The van der Waals surface area contributed by atoms with E-state index < -0.39 is 17.7 Å². The Morgan fingerprint density at radius 1 is 0.967 bits per heavy atom. The summed E-state index contributed by atoms with van der Waals surface area (Å²) in [7, 11) is 0. The van der Waals surface area contributed by atoms with Crippen LogP contribution >= 0.6 is 0 Å². The molecule has 0 aromatic heterocycles. The second-order valence-electron chi connectivity index (χ2n) is 16.1. The normalized spacial score (nSPS) is 23.6. The van der Waals surface area contributed by atoms with Crippen LogP contribution in [0.3, 0.4) is 0 Å². The number of hydrogen-bond acceptors (Lipinski definition) is 8. The fourth-order valence-electron chi connectivity index (χ4n) is 9.79. The zero-order valence-electron chi connectivity index (χ0n) is 34.9. The third-order valence-corrected chi connectivity index (χ3v) is 12.4. The molecule has 2 N–H and O–H groups in total. The summed E-state index contributed by atoms with van der Waals surface area (Å²) in [5.74, 6) is -1.12. The molecule has 60 heavy (non-hydrogen) atoms. The standard InChI is InChI=1S/C50H59FN2O7/c1-4-25-53(49(56)37-22-21-34-15-7-8-16-35(34)29-37)46-32-44(52-59-6-3)41-30-36(17-11-13-26-54)40(19-12-14-27-55)47-42-31-39(57-33-38-18-9-10-20-43(38)51)23-24-45(42)60-50(46,48(41)47)58-28-5-2/h5,7-10,15-16,18,20-24,29-31,36,40,46-48,54-55H,2,4,6,11-14,17,19,25-28,32-33H2,1,3H3. The van der Waals surface area contributed by atoms with E-state index in [2.05, 4.69) is 19.6 Å². The number of benzene rings is 4. The fourth-order valence-corrected chi connectivity index (χ4v) is 9.79. The largest absolute Gasteiger partial charge is 0.489 e. The highest BCUT2D eigenvalue weighted by Gasteiger charge is 2.65. The predicted molar refractivity (Wildman–Crippen MR) is 233 cm³/mol. The van der Waals surface area contributed by atoms with E-state index in [0.29, 0.717) is 61.5 Å². The molecule has 7 rings (SSSR count). The number of aliphatic hydroxyl groups excluding tert-OH is 2. The van der Waals surface area contributed by atoms with Gasteiger partial charge >= 0.3 is 0 Å². The lowest BCUT2D eigenvalue weighted by Gasteiger charge is -2.60. The van der Waals surface area contributed by atoms with Gasteiger partial charge in [0.2, 0.25) is 5.79 Å². The SMILES string of the molecule is C=CCOC12Oc3ccc(OCc4ccccc4F)cc3C3C(CCCCO)C(CCCCO)C=C(C(=NOCC)CC1N(CCC)C(=O)c1ccc4ccccc4c1)C32. The summed E-state index contributed by atoms with van der Waals surface area (Å²) in [5.41, 5.74) is 3.69. The molecule has 2 aliphatic carbocycles. The number of rotatable bonds is 20. The number of aliphatic hydroxyl groups is 2. The van der Waals surface area contributed by atoms with Crippen LogP contribution in [0.15, 0.2) is 114 Å². The lowest BCUT2D eigenvalue weighted by molar-refractivity contribution is -0.254.